The Hall–Kier alpha value is -1.85. The van der Waals surface area contributed by atoms with Gasteiger partial charge in [0, 0.05) is 11.0 Å². The second kappa shape index (κ2) is 5.03. The Kier molecular flexibility index (Phi) is 3.59. The van der Waals surface area contributed by atoms with Crippen molar-refractivity contribution in [3.63, 3.8) is 0 Å². The van der Waals surface area contributed by atoms with E-state index in [-0.39, 0.29) is 12.4 Å². The highest BCUT2D eigenvalue weighted by Gasteiger charge is 2.39. The fourth-order valence-corrected chi connectivity index (χ4v) is 2.11. The maximum absolute atomic E-state index is 12.4. The van der Waals surface area contributed by atoms with Gasteiger partial charge in [0.25, 0.3) is 0 Å². The Morgan fingerprint density at radius 2 is 2.11 bits per heavy atom. The molecule has 2 rings (SSSR count). The van der Waals surface area contributed by atoms with Crippen LogP contribution in [0.3, 0.4) is 0 Å². The van der Waals surface area contributed by atoms with Crippen molar-refractivity contribution in [3.8, 4) is 5.75 Å². The third-order valence-electron chi connectivity index (χ3n) is 3.07. The van der Waals surface area contributed by atoms with Crippen molar-refractivity contribution < 1.29 is 23.0 Å². The van der Waals surface area contributed by atoms with E-state index in [0.717, 1.165) is 0 Å². The predicted molar refractivity (Wildman–Crippen MR) is 64.1 cm³/mol. The van der Waals surface area contributed by atoms with Crippen LogP contribution in [0.4, 0.5) is 13.6 Å². The van der Waals surface area contributed by atoms with Crippen molar-refractivity contribution >= 4 is 6.09 Å². The Morgan fingerprint density at radius 1 is 1.42 bits per heavy atom. The summed E-state index contributed by atoms with van der Waals surface area (Å²) in [5.74, 6) is 0.0674. The molecule has 1 N–H and O–H groups in total. The van der Waals surface area contributed by atoms with Crippen molar-refractivity contribution in [2.24, 2.45) is 5.41 Å². The molecule has 19 heavy (non-hydrogen) atoms. The maximum atomic E-state index is 12.4. The molecule has 6 heteroatoms. The van der Waals surface area contributed by atoms with Gasteiger partial charge in [0.05, 0.1) is 6.04 Å². The average Bonchev–Trinajstić information content (AvgIpc) is 2.33. The highest BCUT2D eigenvalue weighted by atomic mass is 19.3. The molecule has 1 aromatic carbocycles. The van der Waals surface area contributed by atoms with Crippen molar-refractivity contribution in [1.29, 1.82) is 0 Å². The van der Waals surface area contributed by atoms with E-state index in [4.69, 9.17) is 4.74 Å². The number of rotatable bonds is 3. The van der Waals surface area contributed by atoms with E-state index in [1.807, 2.05) is 13.8 Å². The number of para-hydroxylation sites is 1. The molecule has 0 bridgehead atoms. The highest BCUT2D eigenvalue weighted by Crippen LogP contribution is 2.40. The van der Waals surface area contributed by atoms with Gasteiger partial charge in [-0.1, -0.05) is 32.0 Å². The highest BCUT2D eigenvalue weighted by molar-refractivity contribution is 5.69. The maximum Gasteiger partial charge on any atom is 0.407 e. The van der Waals surface area contributed by atoms with E-state index in [1.165, 1.54) is 6.07 Å². The van der Waals surface area contributed by atoms with Crippen molar-refractivity contribution in [2.45, 2.75) is 26.5 Å². The lowest BCUT2D eigenvalue weighted by molar-refractivity contribution is -0.0517. The van der Waals surface area contributed by atoms with Crippen LogP contribution in [0.2, 0.25) is 0 Å². The van der Waals surface area contributed by atoms with Crippen LogP contribution in [-0.2, 0) is 4.74 Å². The second-order valence-electron chi connectivity index (χ2n) is 5.06. The molecule has 1 heterocycles. The molecule has 0 radical (unpaired) electrons. The van der Waals surface area contributed by atoms with E-state index in [1.54, 1.807) is 18.2 Å². The standard InChI is InChI=1S/C13H15F2NO3/c1-13(2)7-18-12(17)16-10(13)8-5-3-4-6-9(8)19-11(14)15/h3-6,10-11H,7H2,1-2H3,(H,16,17)/t10-/m1/s1. The van der Waals surface area contributed by atoms with Crippen LogP contribution in [0.25, 0.3) is 0 Å². The predicted octanol–water partition coefficient (Wildman–Crippen LogP) is 3.10. The SMILES string of the molecule is CC1(C)COC(=O)N[C@@H]1c1ccccc1OC(F)F. The number of hydrogen-bond donors (Lipinski definition) is 1. The van der Waals surface area contributed by atoms with Crippen molar-refractivity contribution in [3.05, 3.63) is 29.8 Å². The summed E-state index contributed by atoms with van der Waals surface area (Å²) < 4.78 is 34.2. The topological polar surface area (TPSA) is 47.6 Å². The van der Waals surface area contributed by atoms with Gasteiger partial charge in [-0.15, -0.1) is 0 Å². The molecule has 0 aliphatic carbocycles. The molecule has 0 saturated carbocycles. The largest absolute Gasteiger partial charge is 0.449 e. The van der Waals surface area contributed by atoms with E-state index in [9.17, 15) is 13.6 Å². The fraction of sp³-hybridized carbons (Fsp3) is 0.462. The molecule has 1 fully saturated rings. The lowest BCUT2D eigenvalue weighted by Gasteiger charge is -2.39. The van der Waals surface area contributed by atoms with Crippen molar-refractivity contribution in [1.82, 2.24) is 5.32 Å². The first-order valence-corrected chi connectivity index (χ1v) is 5.87. The van der Waals surface area contributed by atoms with Crippen LogP contribution in [0, 0.1) is 5.41 Å². The number of alkyl halides is 2. The molecule has 0 unspecified atom stereocenters. The molecule has 0 spiro atoms. The Morgan fingerprint density at radius 3 is 2.79 bits per heavy atom. The number of hydrogen-bond acceptors (Lipinski definition) is 3. The number of halogens is 2. The van der Waals surface area contributed by atoms with Crippen LogP contribution >= 0.6 is 0 Å². The minimum absolute atomic E-state index is 0.0674. The van der Waals surface area contributed by atoms with Gasteiger partial charge in [0.15, 0.2) is 0 Å². The Balaban J connectivity index is 2.36. The molecular formula is C13H15F2NO3. The first kappa shape index (κ1) is 13.6. The van der Waals surface area contributed by atoms with Gasteiger partial charge in [-0.3, -0.25) is 0 Å². The summed E-state index contributed by atoms with van der Waals surface area (Å²) in [6, 6.07) is 6.00. The summed E-state index contributed by atoms with van der Waals surface area (Å²) in [7, 11) is 0. The van der Waals surface area contributed by atoms with Crippen molar-refractivity contribution in [2.75, 3.05) is 6.61 Å². The van der Waals surface area contributed by atoms with Gasteiger partial charge in [0.2, 0.25) is 0 Å². The monoisotopic (exact) mass is 271 g/mol. The van der Waals surface area contributed by atoms with Gasteiger partial charge in [-0.2, -0.15) is 8.78 Å². The molecule has 1 saturated heterocycles. The molecule has 4 nitrogen and oxygen atoms in total. The number of amides is 1. The van der Waals surface area contributed by atoms with Gasteiger partial charge < -0.3 is 14.8 Å². The minimum atomic E-state index is -2.90. The Bertz CT molecular complexity index is 477. The summed E-state index contributed by atoms with van der Waals surface area (Å²) in [5.41, 5.74) is 0.0969. The zero-order valence-electron chi connectivity index (χ0n) is 10.7. The summed E-state index contributed by atoms with van der Waals surface area (Å²) in [5, 5.41) is 2.65. The van der Waals surface area contributed by atoms with Gasteiger partial charge in [0.1, 0.15) is 12.4 Å². The molecule has 1 aliphatic heterocycles. The number of carbonyl (C=O) groups excluding carboxylic acids is 1. The number of ether oxygens (including phenoxy) is 2. The molecule has 0 aromatic heterocycles. The van der Waals surface area contributed by atoms with E-state index < -0.39 is 24.2 Å². The summed E-state index contributed by atoms with van der Waals surface area (Å²) in [6.45, 7) is 1.08. The summed E-state index contributed by atoms with van der Waals surface area (Å²) >= 11 is 0. The van der Waals surface area contributed by atoms with Crippen LogP contribution in [0.15, 0.2) is 24.3 Å². The average molecular weight is 271 g/mol. The second-order valence-corrected chi connectivity index (χ2v) is 5.06. The molecule has 104 valence electrons. The first-order chi connectivity index (χ1) is 8.90. The number of cyclic esters (lactones) is 1. The molecule has 1 aromatic rings. The van der Waals surface area contributed by atoms with Gasteiger partial charge >= 0.3 is 12.7 Å². The minimum Gasteiger partial charge on any atom is -0.449 e. The lowest BCUT2D eigenvalue weighted by Crippen LogP contribution is -2.47. The fourth-order valence-electron chi connectivity index (χ4n) is 2.11. The molecular weight excluding hydrogens is 256 g/mol. The number of nitrogens with one attached hydrogen (secondary N) is 1. The molecule has 1 amide bonds. The third-order valence-corrected chi connectivity index (χ3v) is 3.07. The summed E-state index contributed by atoms with van der Waals surface area (Å²) in [4.78, 5) is 11.3. The first-order valence-electron chi connectivity index (χ1n) is 5.87. The lowest BCUT2D eigenvalue weighted by atomic mass is 9.80. The van der Waals surface area contributed by atoms with Crippen LogP contribution in [-0.4, -0.2) is 19.3 Å². The van der Waals surface area contributed by atoms with Crippen LogP contribution in [0.5, 0.6) is 5.75 Å². The summed E-state index contributed by atoms with van der Waals surface area (Å²) in [6.07, 6.45) is -0.559. The molecule has 1 atom stereocenters. The number of benzene rings is 1. The van der Waals surface area contributed by atoms with Gasteiger partial charge in [-0.25, -0.2) is 4.79 Å². The Labute approximate surface area is 109 Å². The number of carbonyl (C=O) groups is 1. The smallest absolute Gasteiger partial charge is 0.407 e. The van der Waals surface area contributed by atoms with E-state index >= 15 is 0 Å². The van der Waals surface area contributed by atoms with E-state index in [2.05, 4.69) is 10.1 Å². The zero-order valence-corrected chi connectivity index (χ0v) is 10.7. The van der Waals surface area contributed by atoms with E-state index in [0.29, 0.717) is 5.56 Å². The third kappa shape index (κ3) is 2.94. The van der Waals surface area contributed by atoms with Gasteiger partial charge in [-0.05, 0) is 6.07 Å². The molecule has 1 aliphatic rings. The zero-order chi connectivity index (χ0) is 14.0. The number of alkyl carbamates (subject to hydrolysis) is 1. The van der Waals surface area contributed by atoms with Crippen LogP contribution < -0.4 is 10.1 Å². The quantitative estimate of drug-likeness (QED) is 0.919. The van der Waals surface area contributed by atoms with Crippen LogP contribution in [0.1, 0.15) is 25.5 Å². The normalized spacial score (nSPS) is 21.7.